The smallest absolute Gasteiger partial charge is 0.322 e. The maximum Gasteiger partial charge on any atom is 0.322 e. The minimum absolute atomic E-state index is 0.00296. The van der Waals surface area contributed by atoms with Gasteiger partial charge in [-0.3, -0.25) is 24.2 Å². The van der Waals surface area contributed by atoms with E-state index in [1.807, 2.05) is 62.9 Å². The maximum atomic E-state index is 14.1. The predicted octanol–water partition coefficient (Wildman–Crippen LogP) is 4.04. The van der Waals surface area contributed by atoms with Crippen molar-refractivity contribution in [1.29, 1.82) is 0 Å². The number of carboxylic acids is 1. The summed E-state index contributed by atoms with van der Waals surface area (Å²) in [6.45, 7) is 8.34. The van der Waals surface area contributed by atoms with Gasteiger partial charge in [0.1, 0.15) is 0 Å². The Morgan fingerprint density at radius 2 is 1.56 bits per heavy atom. The second-order valence-corrected chi connectivity index (χ2v) is 14.6. The first-order valence-electron chi connectivity index (χ1n) is 17.3. The van der Waals surface area contributed by atoms with Gasteiger partial charge in [-0.1, -0.05) is 46.3 Å². The third-order valence-electron chi connectivity index (χ3n) is 10.7. The van der Waals surface area contributed by atoms with Crippen molar-refractivity contribution in [3.05, 3.63) is 63.6 Å². The zero-order valence-corrected chi connectivity index (χ0v) is 29.4. The molecular formula is C36H47BrN6O5. The van der Waals surface area contributed by atoms with E-state index in [4.69, 9.17) is 5.11 Å². The zero-order chi connectivity index (χ0) is 33.8. The fraction of sp³-hybridized carbons (Fsp3) is 0.556. The van der Waals surface area contributed by atoms with Crippen LogP contribution in [-0.4, -0.2) is 124 Å². The molecule has 0 saturated carbocycles. The second kappa shape index (κ2) is 15.4. The van der Waals surface area contributed by atoms with Crippen LogP contribution in [0.5, 0.6) is 0 Å². The van der Waals surface area contributed by atoms with Crippen molar-refractivity contribution < 1.29 is 24.3 Å². The molecule has 12 heteroatoms. The Morgan fingerprint density at radius 3 is 2.25 bits per heavy atom. The van der Waals surface area contributed by atoms with Gasteiger partial charge in [-0.2, -0.15) is 0 Å². The third-order valence-corrected chi connectivity index (χ3v) is 11.5. The average Bonchev–Trinajstić information content (AvgIpc) is 3.09. The number of piperazine rings is 1. The highest BCUT2D eigenvalue weighted by Crippen LogP contribution is 2.29. The Balaban J connectivity index is 1.05. The molecule has 4 heterocycles. The number of fused-ring (bicyclic) bond motifs is 1. The molecule has 6 rings (SSSR count). The van der Waals surface area contributed by atoms with E-state index in [9.17, 15) is 19.2 Å². The summed E-state index contributed by atoms with van der Waals surface area (Å²) in [4.78, 5) is 62.0. The lowest BCUT2D eigenvalue weighted by molar-refractivity contribution is -0.143. The third kappa shape index (κ3) is 8.20. The van der Waals surface area contributed by atoms with Crippen LogP contribution >= 0.6 is 15.9 Å². The van der Waals surface area contributed by atoms with Crippen molar-refractivity contribution in [1.82, 2.24) is 24.5 Å². The number of para-hydroxylation sites is 1. The van der Waals surface area contributed by atoms with Gasteiger partial charge in [0.05, 0.1) is 12.5 Å². The minimum Gasteiger partial charge on any atom is -0.480 e. The lowest BCUT2D eigenvalue weighted by Crippen LogP contribution is -2.55. The van der Waals surface area contributed by atoms with Crippen LogP contribution < -0.4 is 5.32 Å². The number of aliphatic carboxylic acids is 1. The molecule has 0 aromatic heterocycles. The second-order valence-electron chi connectivity index (χ2n) is 13.8. The molecule has 2 N–H and O–H groups in total. The van der Waals surface area contributed by atoms with Crippen LogP contribution in [0.2, 0.25) is 0 Å². The number of nitrogens with zero attached hydrogens (tertiary/aromatic N) is 5. The summed E-state index contributed by atoms with van der Waals surface area (Å²) in [6, 6.07) is 14.4. The molecule has 3 saturated heterocycles. The Hall–Kier alpha value is -3.48. The molecule has 0 spiro atoms. The standard InChI is InChI=1S/C36H47BrN6O5/c1-25-20-26(6-7-31(25)37)21-28(35(47)42-14-8-29(9-15-42)40-18-16-39(17-19-40)24-34(45)46)22-33(44)41-12-10-30(11-13-41)43-23-27-4-2-3-5-32(27)38-36(43)48/h2-7,20,28-30H,8-19,21-24H2,1H3,(H,38,48)(H,45,46). The summed E-state index contributed by atoms with van der Waals surface area (Å²) in [5.41, 5.74) is 4.11. The van der Waals surface area contributed by atoms with Crippen LogP contribution in [-0.2, 0) is 27.3 Å². The first-order valence-corrected chi connectivity index (χ1v) is 18.1. The molecule has 4 aliphatic heterocycles. The molecule has 4 amide bonds. The number of likely N-dealkylation sites (tertiary alicyclic amines) is 2. The quantitative estimate of drug-likeness (QED) is 0.402. The maximum absolute atomic E-state index is 14.1. The van der Waals surface area contributed by atoms with E-state index in [1.54, 1.807) is 0 Å². The fourth-order valence-electron chi connectivity index (χ4n) is 7.84. The van der Waals surface area contributed by atoms with Crippen LogP contribution in [0.25, 0.3) is 0 Å². The number of hydrogen-bond donors (Lipinski definition) is 2. The van der Waals surface area contributed by atoms with Crippen molar-refractivity contribution in [2.75, 3.05) is 64.2 Å². The van der Waals surface area contributed by atoms with E-state index >= 15 is 0 Å². The van der Waals surface area contributed by atoms with Gasteiger partial charge in [0.15, 0.2) is 0 Å². The van der Waals surface area contributed by atoms with Gasteiger partial charge in [0, 0.05) is 87.6 Å². The van der Waals surface area contributed by atoms with E-state index in [0.717, 1.165) is 65.9 Å². The van der Waals surface area contributed by atoms with Gasteiger partial charge in [-0.05, 0) is 67.9 Å². The van der Waals surface area contributed by atoms with Gasteiger partial charge >= 0.3 is 12.0 Å². The van der Waals surface area contributed by atoms with Gasteiger partial charge < -0.3 is 25.1 Å². The normalized spacial score (nSPS) is 20.7. The molecule has 258 valence electrons. The molecule has 4 aliphatic rings. The molecule has 0 aliphatic carbocycles. The molecule has 0 radical (unpaired) electrons. The Labute approximate surface area is 291 Å². The van der Waals surface area contributed by atoms with Crippen LogP contribution in [0.1, 0.15) is 48.8 Å². The lowest BCUT2D eigenvalue weighted by atomic mass is 9.91. The van der Waals surface area contributed by atoms with Crippen molar-refractivity contribution >= 4 is 45.4 Å². The summed E-state index contributed by atoms with van der Waals surface area (Å²) < 4.78 is 1.02. The number of carboxylic acid groups (broad SMARTS) is 1. The van der Waals surface area contributed by atoms with E-state index in [0.29, 0.717) is 58.0 Å². The molecule has 3 fully saturated rings. The fourth-order valence-corrected chi connectivity index (χ4v) is 8.08. The summed E-state index contributed by atoms with van der Waals surface area (Å²) in [5, 5.41) is 12.1. The number of carbonyl (C=O) groups excluding carboxylic acids is 3. The molecule has 1 unspecified atom stereocenters. The van der Waals surface area contributed by atoms with Crippen LogP contribution in [0, 0.1) is 12.8 Å². The Kier molecular flexibility index (Phi) is 11.0. The van der Waals surface area contributed by atoms with Gasteiger partial charge in [0.2, 0.25) is 11.8 Å². The summed E-state index contributed by atoms with van der Waals surface area (Å²) in [6.07, 6.45) is 3.86. The number of nitrogens with one attached hydrogen (secondary N) is 1. The zero-order valence-electron chi connectivity index (χ0n) is 27.8. The van der Waals surface area contributed by atoms with Crippen LogP contribution in [0.3, 0.4) is 0 Å². The molecule has 2 aromatic rings. The topological polar surface area (TPSA) is 117 Å². The number of carbonyl (C=O) groups is 4. The molecule has 2 aromatic carbocycles. The molecule has 11 nitrogen and oxygen atoms in total. The number of amides is 4. The van der Waals surface area contributed by atoms with Crippen molar-refractivity contribution in [2.45, 2.75) is 64.1 Å². The van der Waals surface area contributed by atoms with Crippen LogP contribution in [0.15, 0.2) is 46.9 Å². The summed E-state index contributed by atoms with van der Waals surface area (Å²) >= 11 is 3.58. The number of anilines is 1. The van der Waals surface area contributed by atoms with Gasteiger partial charge in [-0.15, -0.1) is 0 Å². The highest BCUT2D eigenvalue weighted by Gasteiger charge is 2.36. The molecular weight excluding hydrogens is 676 g/mol. The van der Waals surface area contributed by atoms with Crippen molar-refractivity contribution in [2.24, 2.45) is 5.92 Å². The van der Waals surface area contributed by atoms with Crippen LogP contribution in [0.4, 0.5) is 10.5 Å². The first kappa shape index (κ1) is 34.4. The van der Waals surface area contributed by atoms with E-state index < -0.39 is 11.9 Å². The SMILES string of the molecule is Cc1cc(CC(CC(=O)N2CCC(N3Cc4ccccc4NC3=O)CC2)C(=O)N2CCC(N3CCN(CC(=O)O)CC3)CC2)ccc1Br. The van der Waals surface area contributed by atoms with E-state index in [-0.39, 0.29) is 36.9 Å². The number of rotatable bonds is 9. The van der Waals surface area contributed by atoms with E-state index in [1.165, 1.54) is 0 Å². The summed E-state index contributed by atoms with van der Waals surface area (Å²) in [5.74, 6) is -1.18. The predicted molar refractivity (Wildman–Crippen MR) is 187 cm³/mol. The monoisotopic (exact) mass is 722 g/mol. The number of hydrogen-bond acceptors (Lipinski definition) is 6. The first-order chi connectivity index (χ1) is 23.1. The number of piperidine rings is 2. The van der Waals surface area contributed by atoms with Gasteiger partial charge in [0.25, 0.3) is 0 Å². The Bertz CT molecular complexity index is 1500. The molecule has 0 bridgehead atoms. The van der Waals surface area contributed by atoms with E-state index in [2.05, 4.69) is 32.2 Å². The lowest BCUT2D eigenvalue weighted by Gasteiger charge is -2.43. The Morgan fingerprint density at radius 1 is 0.896 bits per heavy atom. The molecule has 48 heavy (non-hydrogen) atoms. The van der Waals surface area contributed by atoms with Crippen molar-refractivity contribution in [3.8, 4) is 0 Å². The molecule has 1 atom stereocenters. The largest absolute Gasteiger partial charge is 0.480 e. The number of benzene rings is 2. The average molecular weight is 724 g/mol. The van der Waals surface area contributed by atoms with Gasteiger partial charge in [-0.25, -0.2) is 4.79 Å². The number of halogens is 1. The van der Waals surface area contributed by atoms with Crippen molar-refractivity contribution in [3.63, 3.8) is 0 Å². The number of aryl methyl sites for hydroxylation is 1. The minimum atomic E-state index is -0.788. The number of urea groups is 1. The highest BCUT2D eigenvalue weighted by atomic mass is 79.9. The summed E-state index contributed by atoms with van der Waals surface area (Å²) in [7, 11) is 0. The highest BCUT2D eigenvalue weighted by molar-refractivity contribution is 9.10.